The second-order valence-electron chi connectivity index (χ2n) is 4.85. The Morgan fingerprint density at radius 2 is 2.40 bits per heavy atom. The molecular weight excluding hydrogens is 258 g/mol. The summed E-state index contributed by atoms with van der Waals surface area (Å²) in [5, 5.41) is 11.8. The number of hydrogen-bond acceptors (Lipinski definition) is 6. The molecule has 1 atom stereocenters. The molecule has 2 heterocycles. The van der Waals surface area contributed by atoms with Gasteiger partial charge in [-0.25, -0.2) is 9.97 Å². The van der Waals surface area contributed by atoms with Crippen LogP contribution in [0, 0.1) is 6.92 Å². The summed E-state index contributed by atoms with van der Waals surface area (Å²) in [7, 11) is 0. The zero-order chi connectivity index (χ0) is 14.5. The van der Waals surface area contributed by atoms with Crippen molar-refractivity contribution in [3.63, 3.8) is 0 Å². The highest BCUT2D eigenvalue weighted by molar-refractivity contribution is 5.95. The lowest BCUT2D eigenvalue weighted by Crippen LogP contribution is -2.41. The van der Waals surface area contributed by atoms with E-state index in [9.17, 15) is 0 Å². The Balaban J connectivity index is 2.21. The van der Waals surface area contributed by atoms with E-state index in [0.29, 0.717) is 18.2 Å². The minimum atomic E-state index is -0.00452. The Kier molecular flexibility index (Phi) is 4.73. The molecule has 1 aliphatic rings. The summed E-state index contributed by atoms with van der Waals surface area (Å²) in [5.74, 6) is 0.603. The molecule has 0 aliphatic carbocycles. The van der Waals surface area contributed by atoms with Gasteiger partial charge < -0.3 is 20.6 Å². The van der Waals surface area contributed by atoms with Gasteiger partial charge in [0.1, 0.15) is 5.69 Å². The van der Waals surface area contributed by atoms with Gasteiger partial charge >= 0.3 is 0 Å². The minimum Gasteiger partial charge on any atom is -0.409 e. The van der Waals surface area contributed by atoms with Gasteiger partial charge in [0.2, 0.25) is 5.95 Å². The number of aryl methyl sites for hydroxylation is 1. The van der Waals surface area contributed by atoms with Crippen LogP contribution in [0.3, 0.4) is 0 Å². The van der Waals surface area contributed by atoms with E-state index in [0.717, 1.165) is 31.6 Å². The first kappa shape index (κ1) is 14.5. The zero-order valence-electron chi connectivity index (χ0n) is 11.9. The summed E-state index contributed by atoms with van der Waals surface area (Å²) in [6.45, 7) is 6.24. The normalized spacial score (nSPS) is 20.2. The molecule has 3 N–H and O–H groups in total. The van der Waals surface area contributed by atoms with E-state index < -0.39 is 0 Å². The Hall–Kier alpha value is -1.89. The van der Waals surface area contributed by atoms with E-state index in [-0.39, 0.29) is 11.9 Å². The standard InChI is InChI=1S/C13H21N5O2/c1-3-20-10-5-4-6-18(8-10)13-15-9(2)7-11(16-13)12(14)17-19/h7,10,19H,3-6,8H2,1-2H3,(H2,14,17). The van der Waals surface area contributed by atoms with Crippen LogP contribution in [0.2, 0.25) is 0 Å². The van der Waals surface area contributed by atoms with Crippen molar-refractivity contribution in [3.8, 4) is 0 Å². The number of nitrogens with two attached hydrogens (primary N) is 1. The van der Waals surface area contributed by atoms with Crippen molar-refractivity contribution >= 4 is 11.8 Å². The van der Waals surface area contributed by atoms with E-state index in [1.165, 1.54) is 0 Å². The van der Waals surface area contributed by atoms with Gasteiger partial charge in [-0.1, -0.05) is 5.16 Å². The first-order valence-electron chi connectivity index (χ1n) is 6.84. The summed E-state index contributed by atoms with van der Waals surface area (Å²) >= 11 is 0. The molecule has 7 nitrogen and oxygen atoms in total. The fraction of sp³-hybridized carbons (Fsp3) is 0.615. The zero-order valence-corrected chi connectivity index (χ0v) is 11.9. The van der Waals surface area contributed by atoms with Gasteiger partial charge in [0.15, 0.2) is 5.84 Å². The number of amidine groups is 1. The molecule has 110 valence electrons. The molecule has 0 radical (unpaired) electrons. The predicted octanol–water partition coefficient (Wildman–Crippen LogP) is 0.885. The second-order valence-corrected chi connectivity index (χ2v) is 4.85. The number of aromatic nitrogens is 2. The van der Waals surface area contributed by atoms with Crippen LogP contribution in [0.5, 0.6) is 0 Å². The summed E-state index contributed by atoms with van der Waals surface area (Å²) < 4.78 is 5.68. The average Bonchev–Trinajstić information content (AvgIpc) is 2.46. The van der Waals surface area contributed by atoms with Gasteiger partial charge in [0.25, 0.3) is 0 Å². The van der Waals surface area contributed by atoms with Gasteiger partial charge in [-0.15, -0.1) is 0 Å². The highest BCUT2D eigenvalue weighted by Crippen LogP contribution is 2.19. The number of hydrogen-bond donors (Lipinski definition) is 2. The molecule has 0 spiro atoms. The van der Waals surface area contributed by atoms with Crippen molar-refractivity contribution in [2.75, 3.05) is 24.6 Å². The van der Waals surface area contributed by atoms with Crippen molar-refractivity contribution in [3.05, 3.63) is 17.5 Å². The quantitative estimate of drug-likeness (QED) is 0.367. The maximum Gasteiger partial charge on any atom is 0.226 e. The fourth-order valence-corrected chi connectivity index (χ4v) is 2.37. The van der Waals surface area contributed by atoms with E-state index in [2.05, 4.69) is 20.0 Å². The highest BCUT2D eigenvalue weighted by Gasteiger charge is 2.22. The van der Waals surface area contributed by atoms with Gasteiger partial charge in [0.05, 0.1) is 6.10 Å². The first-order chi connectivity index (χ1) is 9.63. The van der Waals surface area contributed by atoms with Gasteiger partial charge in [-0.3, -0.25) is 0 Å². The Labute approximate surface area is 118 Å². The molecule has 0 amide bonds. The number of ether oxygens (including phenoxy) is 1. The topological polar surface area (TPSA) is 96.9 Å². The van der Waals surface area contributed by atoms with Crippen LogP contribution in [0.1, 0.15) is 31.2 Å². The molecule has 20 heavy (non-hydrogen) atoms. The smallest absolute Gasteiger partial charge is 0.226 e. The highest BCUT2D eigenvalue weighted by atomic mass is 16.5. The Morgan fingerprint density at radius 1 is 1.60 bits per heavy atom. The van der Waals surface area contributed by atoms with Crippen LogP contribution in [-0.4, -0.2) is 46.8 Å². The van der Waals surface area contributed by atoms with Crippen molar-refractivity contribution in [1.82, 2.24) is 9.97 Å². The molecule has 1 aromatic heterocycles. The van der Waals surface area contributed by atoms with Gasteiger partial charge in [-0.2, -0.15) is 0 Å². The SMILES string of the molecule is CCOC1CCCN(c2nc(C)cc(/C(N)=N/O)n2)C1. The van der Waals surface area contributed by atoms with Crippen LogP contribution in [0.15, 0.2) is 11.2 Å². The number of piperidine rings is 1. The molecule has 1 aromatic rings. The maximum absolute atomic E-state index is 8.76. The van der Waals surface area contributed by atoms with Crippen LogP contribution in [0.25, 0.3) is 0 Å². The van der Waals surface area contributed by atoms with E-state index in [4.69, 9.17) is 15.7 Å². The Morgan fingerprint density at radius 3 is 3.10 bits per heavy atom. The molecule has 1 aliphatic heterocycles. The lowest BCUT2D eigenvalue weighted by Gasteiger charge is -2.32. The average molecular weight is 279 g/mol. The van der Waals surface area contributed by atoms with E-state index in [1.54, 1.807) is 6.07 Å². The molecule has 1 unspecified atom stereocenters. The van der Waals surface area contributed by atoms with Crippen molar-refractivity contribution in [2.45, 2.75) is 32.8 Å². The lowest BCUT2D eigenvalue weighted by molar-refractivity contribution is 0.0523. The molecule has 0 bridgehead atoms. The van der Waals surface area contributed by atoms with Gasteiger partial charge in [0, 0.05) is 25.4 Å². The third kappa shape index (κ3) is 3.36. The van der Waals surface area contributed by atoms with E-state index >= 15 is 0 Å². The Bertz CT molecular complexity index is 490. The molecule has 2 rings (SSSR count). The summed E-state index contributed by atoms with van der Waals surface area (Å²) in [5.41, 5.74) is 6.83. The summed E-state index contributed by atoms with van der Waals surface area (Å²) in [4.78, 5) is 10.9. The summed E-state index contributed by atoms with van der Waals surface area (Å²) in [6, 6.07) is 1.70. The molecule has 1 fully saturated rings. The number of nitrogens with zero attached hydrogens (tertiary/aromatic N) is 4. The van der Waals surface area contributed by atoms with Gasteiger partial charge in [-0.05, 0) is 32.8 Å². The van der Waals surface area contributed by atoms with Crippen LogP contribution in [0.4, 0.5) is 5.95 Å². The van der Waals surface area contributed by atoms with E-state index in [1.807, 2.05) is 13.8 Å². The third-order valence-corrected chi connectivity index (χ3v) is 3.28. The molecular formula is C13H21N5O2. The van der Waals surface area contributed by atoms with Crippen LogP contribution in [-0.2, 0) is 4.74 Å². The second kappa shape index (κ2) is 6.51. The largest absolute Gasteiger partial charge is 0.409 e. The lowest BCUT2D eigenvalue weighted by atomic mass is 10.1. The molecule has 0 aromatic carbocycles. The third-order valence-electron chi connectivity index (χ3n) is 3.28. The van der Waals surface area contributed by atoms with Crippen molar-refractivity contribution in [2.24, 2.45) is 10.9 Å². The molecule has 0 saturated carbocycles. The predicted molar refractivity (Wildman–Crippen MR) is 76.1 cm³/mol. The van der Waals surface area contributed by atoms with Crippen LogP contribution < -0.4 is 10.6 Å². The molecule has 7 heteroatoms. The minimum absolute atomic E-state index is 0.00452. The fourth-order valence-electron chi connectivity index (χ4n) is 2.37. The molecule has 1 saturated heterocycles. The number of rotatable bonds is 4. The summed E-state index contributed by atoms with van der Waals surface area (Å²) in [6.07, 6.45) is 2.31. The van der Waals surface area contributed by atoms with Crippen molar-refractivity contribution < 1.29 is 9.94 Å². The van der Waals surface area contributed by atoms with Crippen LogP contribution >= 0.6 is 0 Å². The number of anilines is 1. The monoisotopic (exact) mass is 279 g/mol. The number of oxime groups is 1. The van der Waals surface area contributed by atoms with Crippen molar-refractivity contribution in [1.29, 1.82) is 0 Å². The first-order valence-corrected chi connectivity index (χ1v) is 6.84. The maximum atomic E-state index is 8.76.